The molecular weight excluding hydrogens is 266 g/mol. The average molecular weight is 281 g/mol. The van der Waals surface area contributed by atoms with Gasteiger partial charge in [-0.25, -0.2) is 8.42 Å². The van der Waals surface area contributed by atoms with Crippen molar-refractivity contribution in [2.75, 3.05) is 6.26 Å². The van der Waals surface area contributed by atoms with Crippen molar-refractivity contribution in [2.24, 2.45) is 0 Å². The van der Waals surface area contributed by atoms with Gasteiger partial charge < -0.3 is 9.73 Å². The fraction of sp³-hybridized carbons (Fsp3) is 0.308. The van der Waals surface area contributed by atoms with E-state index in [0.717, 1.165) is 17.2 Å². The number of carbonyl (C=O) groups is 1. The van der Waals surface area contributed by atoms with Crippen molar-refractivity contribution in [1.29, 1.82) is 0 Å². The summed E-state index contributed by atoms with van der Waals surface area (Å²) < 4.78 is 28.0. The van der Waals surface area contributed by atoms with Crippen LogP contribution in [0.15, 0.2) is 34.7 Å². The Morgan fingerprint density at radius 3 is 2.68 bits per heavy atom. The molecule has 1 aromatic carbocycles. The number of carbonyl (C=O) groups excluding carboxylic acids is 1. The molecule has 1 amide bonds. The van der Waals surface area contributed by atoms with E-state index in [4.69, 9.17) is 4.42 Å². The van der Waals surface area contributed by atoms with E-state index in [1.807, 2.05) is 30.3 Å². The number of benzene rings is 1. The second-order valence-corrected chi connectivity index (χ2v) is 6.81. The predicted octanol–water partition coefficient (Wildman–Crippen LogP) is 1.48. The van der Waals surface area contributed by atoms with Gasteiger partial charge in [-0.15, -0.1) is 0 Å². The Balaban J connectivity index is 2.05. The lowest BCUT2D eigenvalue weighted by Gasteiger charge is -2.08. The minimum Gasteiger partial charge on any atom is -0.459 e. The third-order valence-corrected chi connectivity index (χ3v) is 4.42. The molecular formula is C13H15NO4S. The van der Waals surface area contributed by atoms with Crippen molar-refractivity contribution in [1.82, 2.24) is 5.32 Å². The van der Waals surface area contributed by atoms with E-state index in [9.17, 15) is 13.2 Å². The monoisotopic (exact) mass is 281 g/mol. The first-order valence-electron chi connectivity index (χ1n) is 5.82. The minimum absolute atomic E-state index is 0.174. The van der Waals surface area contributed by atoms with Crippen molar-refractivity contribution >= 4 is 26.7 Å². The van der Waals surface area contributed by atoms with Gasteiger partial charge in [0.25, 0.3) is 0 Å². The smallest absolute Gasteiger partial charge is 0.238 e. The van der Waals surface area contributed by atoms with E-state index < -0.39 is 21.0 Å². The van der Waals surface area contributed by atoms with Crippen LogP contribution in [0.1, 0.15) is 12.7 Å². The predicted molar refractivity (Wildman–Crippen MR) is 72.4 cm³/mol. The molecule has 0 aliphatic heterocycles. The maximum Gasteiger partial charge on any atom is 0.238 e. The minimum atomic E-state index is -3.37. The molecule has 0 aliphatic carbocycles. The molecule has 0 bridgehead atoms. The summed E-state index contributed by atoms with van der Waals surface area (Å²) in [5, 5.41) is 2.44. The molecule has 19 heavy (non-hydrogen) atoms. The molecule has 2 aromatic rings. The second-order valence-electron chi connectivity index (χ2n) is 4.44. The van der Waals surface area contributed by atoms with Crippen LogP contribution < -0.4 is 5.32 Å². The molecule has 1 heterocycles. The zero-order valence-electron chi connectivity index (χ0n) is 10.7. The molecule has 1 N–H and O–H groups in total. The van der Waals surface area contributed by atoms with Crippen molar-refractivity contribution in [3.05, 3.63) is 36.1 Å². The van der Waals surface area contributed by atoms with Crippen molar-refractivity contribution in [3.8, 4) is 0 Å². The highest BCUT2D eigenvalue weighted by Crippen LogP contribution is 2.18. The lowest BCUT2D eigenvalue weighted by atomic mass is 10.2. The SMILES string of the molecule is CC(C(=O)NCc1cc2ccccc2o1)S(C)(=O)=O. The van der Waals surface area contributed by atoms with E-state index in [-0.39, 0.29) is 6.54 Å². The van der Waals surface area contributed by atoms with Gasteiger partial charge in [0.1, 0.15) is 16.6 Å². The molecule has 1 aromatic heterocycles. The van der Waals surface area contributed by atoms with Crippen LogP contribution in [-0.4, -0.2) is 25.8 Å². The lowest BCUT2D eigenvalue weighted by Crippen LogP contribution is -2.36. The van der Waals surface area contributed by atoms with E-state index in [1.165, 1.54) is 6.92 Å². The number of para-hydroxylation sites is 1. The molecule has 0 saturated heterocycles. The summed E-state index contributed by atoms with van der Waals surface area (Å²) in [6, 6.07) is 9.32. The van der Waals surface area contributed by atoms with Crippen LogP contribution in [0, 0.1) is 0 Å². The number of amides is 1. The number of rotatable bonds is 4. The van der Waals surface area contributed by atoms with Gasteiger partial charge in [0.05, 0.1) is 6.54 Å². The quantitative estimate of drug-likeness (QED) is 0.921. The van der Waals surface area contributed by atoms with Gasteiger partial charge in [-0.3, -0.25) is 4.79 Å². The summed E-state index contributed by atoms with van der Waals surface area (Å²) >= 11 is 0. The topological polar surface area (TPSA) is 76.4 Å². The summed E-state index contributed by atoms with van der Waals surface area (Å²) in [5.74, 6) is 0.0678. The summed E-state index contributed by atoms with van der Waals surface area (Å²) in [5.41, 5.74) is 0.739. The number of hydrogen-bond acceptors (Lipinski definition) is 4. The molecule has 6 heteroatoms. The van der Waals surface area contributed by atoms with Crippen LogP contribution in [-0.2, 0) is 21.2 Å². The molecule has 2 rings (SSSR count). The highest BCUT2D eigenvalue weighted by Gasteiger charge is 2.23. The number of hydrogen-bond donors (Lipinski definition) is 1. The van der Waals surface area contributed by atoms with E-state index >= 15 is 0 Å². The number of nitrogens with one attached hydrogen (secondary N) is 1. The third kappa shape index (κ3) is 3.14. The van der Waals surface area contributed by atoms with Crippen molar-refractivity contribution in [2.45, 2.75) is 18.7 Å². The number of sulfone groups is 1. The average Bonchev–Trinajstić information content (AvgIpc) is 2.76. The molecule has 0 spiro atoms. The Bertz CT molecular complexity index is 669. The third-order valence-electron chi connectivity index (χ3n) is 2.92. The number of fused-ring (bicyclic) bond motifs is 1. The Hall–Kier alpha value is -1.82. The van der Waals surface area contributed by atoms with Gasteiger partial charge in [-0.2, -0.15) is 0 Å². The summed E-state index contributed by atoms with van der Waals surface area (Å²) in [6.07, 6.45) is 1.04. The highest BCUT2D eigenvalue weighted by atomic mass is 32.2. The van der Waals surface area contributed by atoms with Crippen LogP contribution in [0.25, 0.3) is 11.0 Å². The van der Waals surface area contributed by atoms with E-state index in [2.05, 4.69) is 5.32 Å². The Labute approximate surface area is 111 Å². The molecule has 1 unspecified atom stereocenters. The zero-order chi connectivity index (χ0) is 14.0. The highest BCUT2D eigenvalue weighted by molar-refractivity contribution is 7.92. The van der Waals surface area contributed by atoms with E-state index in [0.29, 0.717) is 5.76 Å². The van der Waals surface area contributed by atoms with Crippen molar-refractivity contribution < 1.29 is 17.6 Å². The summed E-state index contributed by atoms with van der Waals surface area (Å²) in [7, 11) is -3.37. The first-order chi connectivity index (χ1) is 8.88. The second kappa shape index (κ2) is 5.05. The van der Waals surface area contributed by atoms with Gasteiger partial charge >= 0.3 is 0 Å². The maximum absolute atomic E-state index is 11.6. The van der Waals surface area contributed by atoms with Crippen LogP contribution in [0.3, 0.4) is 0 Å². The van der Waals surface area contributed by atoms with Crippen LogP contribution in [0.5, 0.6) is 0 Å². The van der Waals surface area contributed by atoms with E-state index in [1.54, 1.807) is 0 Å². The van der Waals surface area contributed by atoms with Gasteiger partial charge in [0.15, 0.2) is 9.84 Å². The normalized spacial score (nSPS) is 13.4. The van der Waals surface area contributed by atoms with Gasteiger partial charge in [-0.1, -0.05) is 18.2 Å². The maximum atomic E-state index is 11.6. The van der Waals surface area contributed by atoms with Crippen LogP contribution >= 0.6 is 0 Å². The first-order valence-corrected chi connectivity index (χ1v) is 7.77. The molecule has 0 aliphatic rings. The number of furan rings is 1. The summed E-state index contributed by atoms with van der Waals surface area (Å²) in [4.78, 5) is 11.6. The largest absolute Gasteiger partial charge is 0.459 e. The van der Waals surface area contributed by atoms with Crippen molar-refractivity contribution in [3.63, 3.8) is 0 Å². The molecule has 1 atom stereocenters. The molecule has 102 valence electrons. The van der Waals surface area contributed by atoms with Crippen LogP contribution in [0.2, 0.25) is 0 Å². The van der Waals surface area contributed by atoms with Gasteiger partial charge in [0.2, 0.25) is 5.91 Å². The lowest BCUT2D eigenvalue weighted by molar-refractivity contribution is -0.120. The van der Waals surface area contributed by atoms with Gasteiger partial charge in [-0.05, 0) is 19.1 Å². The van der Waals surface area contributed by atoms with Gasteiger partial charge in [0, 0.05) is 11.6 Å². The first kappa shape index (κ1) is 13.6. The fourth-order valence-electron chi connectivity index (χ4n) is 1.64. The molecule has 5 nitrogen and oxygen atoms in total. The Morgan fingerprint density at radius 1 is 1.37 bits per heavy atom. The Morgan fingerprint density at radius 2 is 2.05 bits per heavy atom. The van der Waals surface area contributed by atoms with Crippen LogP contribution in [0.4, 0.5) is 0 Å². The Kier molecular flexibility index (Phi) is 3.61. The summed E-state index contributed by atoms with van der Waals surface area (Å²) in [6.45, 7) is 1.54. The standard InChI is InChI=1S/C13H15NO4S/c1-9(19(2,16)17)13(15)14-8-11-7-10-5-3-4-6-12(10)18-11/h3-7,9H,8H2,1-2H3,(H,14,15). The molecule has 0 fully saturated rings. The zero-order valence-corrected chi connectivity index (χ0v) is 11.5. The molecule has 0 radical (unpaired) electrons. The molecule has 0 saturated carbocycles. The fourth-order valence-corrected chi connectivity index (χ4v) is 2.11.